The van der Waals surface area contributed by atoms with Crippen molar-refractivity contribution in [2.24, 2.45) is 0 Å². The van der Waals surface area contributed by atoms with Gasteiger partial charge in [-0.05, 0) is 6.42 Å². The van der Waals surface area contributed by atoms with Gasteiger partial charge in [-0.3, -0.25) is 0 Å². The molecular formula is C11H16O. The van der Waals surface area contributed by atoms with E-state index in [4.69, 9.17) is 4.74 Å². The molecule has 1 fully saturated rings. The van der Waals surface area contributed by atoms with E-state index in [2.05, 4.69) is 19.7 Å². The van der Waals surface area contributed by atoms with Crippen molar-refractivity contribution in [3.63, 3.8) is 0 Å². The van der Waals surface area contributed by atoms with Crippen LogP contribution in [0.15, 0.2) is 37.6 Å². The lowest BCUT2D eigenvalue weighted by atomic mass is 9.92. The zero-order chi connectivity index (χ0) is 9.03. The van der Waals surface area contributed by atoms with Gasteiger partial charge in [0, 0.05) is 19.3 Å². The second-order valence-corrected chi connectivity index (χ2v) is 3.31. The predicted molar refractivity (Wildman–Crippen MR) is 51.8 cm³/mol. The Balaban J connectivity index is 2.65. The second kappa shape index (κ2) is 3.61. The maximum atomic E-state index is 5.69. The minimum absolute atomic E-state index is 0.0689. The SMILES string of the molecule is C=CCC1(CC=C)CCC(=C)O1. The van der Waals surface area contributed by atoms with Crippen molar-refractivity contribution >= 4 is 0 Å². The van der Waals surface area contributed by atoms with Gasteiger partial charge < -0.3 is 4.74 Å². The van der Waals surface area contributed by atoms with Gasteiger partial charge in [0.1, 0.15) is 5.60 Å². The molecule has 1 heteroatoms. The van der Waals surface area contributed by atoms with Crippen molar-refractivity contribution in [3.8, 4) is 0 Å². The lowest BCUT2D eigenvalue weighted by Gasteiger charge is -2.25. The maximum Gasteiger partial charge on any atom is 0.116 e. The molecule has 0 unspecified atom stereocenters. The smallest absolute Gasteiger partial charge is 0.116 e. The van der Waals surface area contributed by atoms with Crippen LogP contribution >= 0.6 is 0 Å². The van der Waals surface area contributed by atoms with E-state index in [0.717, 1.165) is 31.4 Å². The van der Waals surface area contributed by atoms with Gasteiger partial charge in [-0.2, -0.15) is 0 Å². The van der Waals surface area contributed by atoms with Gasteiger partial charge in [0.25, 0.3) is 0 Å². The molecule has 1 heterocycles. The highest BCUT2D eigenvalue weighted by molar-refractivity contribution is 5.04. The summed E-state index contributed by atoms with van der Waals surface area (Å²) in [6, 6.07) is 0. The van der Waals surface area contributed by atoms with Crippen LogP contribution in [0.4, 0.5) is 0 Å². The van der Waals surface area contributed by atoms with Crippen LogP contribution in [0, 0.1) is 0 Å². The van der Waals surface area contributed by atoms with Crippen LogP contribution in [-0.2, 0) is 4.74 Å². The highest BCUT2D eigenvalue weighted by Gasteiger charge is 2.34. The highest BCUT2D eigenvalue weighted by atomic mass is 16.5. The Kier molecular flexibility index (Phi) is 2.74. The third-order valence-corrected chi connectivity index (χ3v) is 2.25. The third-order valence-electron chi connectivity index (χ3n) is 2.25. The summed E-state index contributed by atoms with van der Waals surface area (Å²) in [5, 5.41) is 0. The molecule has 0 saturated carbocycles. The molecule has 0 atom stereocenters. The zero-order valence-electron chi connectivity index (χ0n) is 7.51. The molecule has 0 aliphatic carbocycles. The summed E-state index contributed by atoms with van der Waals surface area (Å²) in [6.45, 7) is 11.3. The fraction of sp³-hybridized carbons (Fsp3) is 0.455. The monoisotopic (exact) mass is 164 g/mol. The minimum Gasteiger partial charge on any atom is -0.492 e. The van der Waals surface area contributed by atoms with E-state index in [9.17, 15) is 0 Å². The molecule has 0 N–H and O–H groups in total. The summed E-state index contributed by atoms with van der Waals surface area (Å²) in [4.78, 5) is 0. The molecule has 12 heavy (non-hydrogen) atoms. The maximum absolute atomic E-state index is 5.69. The average Bonchev–Trinajstić information content (AvgIpc) is 2.34. The first kappa shape index (κ1) is 9.11. The van der Waals surface area contributed by atoms with Crippen molar-refractivity contribution in [3.05, 3.63) is 37.6 Å². The molecule has 0 radical (unpaired) electrons. The largest absolute Gasteiger partial charge is 0.492 e. The fourth-order valence-corrected chi connectivity index (χ4v) is 1.67. The van der Waals surface area contributed by atoms with Crippen molar-refractivity contribution in [1.82, 2.24) is 0 Å². The minimum atomic E-state index is -0.0689. The molecule has 66 valence electrons. The molecule has 0 aromatic rings. The Bertz CT molecular complexity index is 193. The van der Waals surface area contributed by atoms with Crippen LogP contribution in [0.3, 0.4) is 0 Å². The van der Waals surface area contributed by atoms with Crippen molar-refractivity contribution < 1.29 is 4.74 Å². The number of hydrogen-bond acceptors (Lipinski definition) is 1. The molecule has 0 amide bonds. The average molecular weight is 164 g/mol. The Hall–Kier alpha value is -0.980. The summed E-state index contributed by atoms with van der Waals surface area (Å²) >= 11 is 0. The van der Waals surface area contributed by atoms with Crippen LogP contribution in [0.1, 0.15) is 25.7 Å². The Morgan fingerprint density at radius 3 is 2.25 bits per heavy atom. The van der Waals surface area contributed by atoms with Gasteiger partial charge in [0.15, 0.2) is 0 Å². The van der Waals surface area contributed by atoms with Crippen molar-refractivity contribution in [1.29, 1.82) is 0 Å². The molecule has 0 aromatic heterocycles. The molecule has 1 aliphatic rings. The molecule has 0 spiro atoms. The lowest BCUT2D eigenvalue weighted by molar-refractivity contribution is 0.0460. The van der Waals surface area contributed by atoms with E-state index >= 15 is 0 Å². The zero-order valence-corrected chi connectivity index (χ0v) is 7.51. The molecule has 0 aromatic carbocycles. The Morgan fingerprint density at radius 2 is 1.92 bits per heavy atom. The Labute approximate surface area is 74.4 Å². The standard InChI is InChI=1S/C11H16O/c1-4-7-11(8-5-2)9-6-10(3)12-11/h4-5H,1-3,6-9H2. The number of hydrogen-bond donors (Lipinski definition) is 0. The summed E-state index contributed by atoms with van der Waals surface area (Å²) < 4.78 is 5.69. The molecule has 1 saturated heterocycles. The van der Waals surface area contributed by atoms with Crippen LogP contribution in [0.25, 0.3) is 0 Å². The van der Waals surface area contributed by atoms with E-state index in [1.165, 1.54) is 0 Å². The number of allylic oxidation sites excluding steroid dienone is 1. The van der Waals surface area contributed by atoms with Crippen LogP contribution in [-0.4, -0.2) is 5.60 Å². The molecule has 1 rings (SSSR count). The van der Waals surface area contributed by atoms with Gasteiger partial charge in [-0.25, -0.2) is 0 Å². The fourth-order valence-electron chi connectivity index (χ4n) is 1.67. The third kappa shape index (κ3) is 1.79. The van der Waals surface area contributed by atoms with Gasteiger partial charge >= 0.3 is 0 Å². The van der Waals surface area contributed by atoms with E-state index in [1.54, 1.807) is 0 Å². The van der Waals surface area contributed by atoms with Gasteiger partial charge in [0.2, 0.25) is 0 Å². The first-order valence-electron chi connectivity index (χ1n) is 4.31. The summed E-state index contributed by atoms with van der Waals surface area (Å²) in [5.74, 6) is 0.902. The quantitative estimate of drug-likeness (QED) is 0.580. The van der Waals surface area contributed by atoms with E-state index < -0.39 is 0 Å². The van der Waals surface area contributed by atoms with Crippen molar-refractivity contribution in [2.75, 3.05) is 0 Å². The number of rotatable bonds is 4. The predicted octanol–water partition coefficient (Wildman–Crippen LogP) is 3.20. The van der Waals surface area contributed by atoms with E-state index in [0.29, 0.717) is 0 Å². The number of ether oxygens (including phenoxy) is 1. The van der Waals surface area contributed by atoms with Crippen LogP contribution < -0.4 is 0 Å². The summed E-state index contributed by atoms with van der Waals surface area (Å²) in [6.07, 6.45) is 7.60. The van der Waals surface area contributed by atoms with E-state index in [-0.39, 0.29) is 5.60 Å². The topological polar surface area (TPSA) is 9.23 Å². The van der Waals surface area contributed by atoms with Crippen LogP contribution in [0.5, 0.6) is 0 Å². The Morgan fingerprint density at radius 1 is 1.33 bits per heavy atom. The first-order valence-corrected chi connectivity index (χ1v) is 4.31. The first-order chi connectivity index (χ1) is 5.72. The summed E-state index contributed by atoms with van der Waals surface area (Å²) in [5.41, 5.74) is -0.0689. The summed E-state index contributed by atoms with van der Waals surface area (Å²) in [7, 11) is 0. The van der Waals surface area contributed by atoms with Crippen molar-refractivity contribution in [2.45, 2.75) is 31.3 Å². The van der Waals surface area contributed by atoms with Crippen LogP contribution in [0.2, 0.25) is 0 Å². The molecule has 0 bridgehead atoms. The molecular weight excluding hydrogens is 148 g/mol. The molecule has 1 aliphatic heterocycles. The molecule has 1 nitrogen and oxygen atoms in total. The second-order valence-electron chi connectivity index (χ2n) is 3.31. The normalized spacial score (nSPS) is 20.2. The van der Waals surface area contributed by atoms with E-state index in [1.807, 2.05) is 12.2 Å². The van der Waals surface area contributed by atoms with Gasteiger partial charge in [0.05, 0.1) is 5.76 Å². The van der Waals surface area contributed by atoms with Gasteiger partial charge in [-0.15, -0.1) is 13.2 Å². The lowest BCUT2D eigenvalue weighted by Crippen LogP contribution is -2.25. The van der Waals surface area contributed by atoms with Gasteiger partial charge in [-0.1, -0.05) is 18.7 Å². The highest BCUT2D eigenvalue weighted by Crippen LogP contribution is 2.37.